The van der Waals surface area contributed by atoms with Crippen LogP contribution < -0.4 is 0 Å². The van der Waals surface area contributed by atoms with Crippen molar-refractivity contribution < 1.29 is 0 Å². The van der Waals surface area contributed by atoms with Crippen LogP contribution in [0.3, 0.4) is 0 Å². The van der Waals surface area contributed by atoms with Crippen molar-refractivity contribution in [1.29, 1.82) is 0 Å². The molecule has 0 aromatic heterocycles. The van der Waals surface area contributed by atoms with Crippen LogP contribution in [-0.4, -0.2) is 25.0 Å². The summed E-state index contributed by atoms with van der Waals surface area (Å²) in [6.07, 6.45) is 1.27. The molecule has 0 bridgehead atoms. The van der Waals surface area contributed by atoms with E-state index < -0.39 is 0 Å². The Morgan fingerprint density at radius 3 is 2.20 bits per heavy atom. The molecule has 2 aromatic rings. The second kappa shape index (κ2) is 4.94. The fourth-order valence-corrected chi connectivity index (χ4v) is 4.89. The molecule has 0 spiro atoms. The van der Waals surface area contributed by atoms with Gasteiger partial charge in [-0.25, -0.2) is 0 Å². The Hall–Kier alpha value is -1.25. The molecular formula is C18H19NS. The zero-order valence-corrected chi connectivity index (χ0v) is 12.6. The molecule has 0 N–H and O–H groups in total. The van der Waals surface area contributed by atoms with Crippen LogP contribution in [0.15, 0.2) is 58.3 Å². The second-order valence-corrected chi connectivity index (χ2v) is 7.03. The molecule has 2 aliphatic heterocycles. The molecule has 0 saturated carbocycles. The van der Waals surface area contributed by atoms with Crippen molar-refractivity contribution in [1.82, 2.24) is 4.90 Å². The molecule has 1 fully saturated rings. The lowest BCUT2D eigenvalue weighted by atomic mass is 9.77. The SMILES string of the molecule is CN1CC[C@@H]2c3ccccc3Sc3ccccc3[C@H]2C1. The van der Waals surface area contributed by atoms with Crippen LogP contribution in [0, 0.1) is 0 Å². The normalized spacial score (nSPS) is 25.2. The fraction of sp³-hybridized carbons (Fsp3) is 0.333. The number of rotatable bonds is 0. The zero-order chi connectivity index (χ0) is 13.5. The highest BCUT2D eigenvalue weighted by atomic mass is 32.2. The van der Waals surface area contributed by atoms with E-state index in [9.17, 15) is 0 Å². The van der Waals surface area contributed by atoms with Crippen LogP contribution in [0.4, 0.5) is 0 Å². The minimum atomic E-state index is 0.640. The largest absolute Gasteiger partial charge is 0.306 e. The Kier molecular flexibility index (Phi) is 3.08. The number of likely N-dealkylation sites (tertiary alicyclic amines) is 1. The third-order valence-electron chi connectivity index (χ3n) is 4.67. The minimum absolute atomic E-state index is 0.640. The van der Waals surface area contributed by atoms with Gasteiger partial charge in [0.25, 0.3) is 0 Å². The quantitative estimate of drug-likeness (QED) is 0.706. The number of nitrogens with zero attached hydrogens (tertiary/aromatic N) is 1. The van der Waals surface area contributed by atoms with E-state index in [1.54, 1.807) is 11.1 Å². The monoisotopic (exact) mass is 281 g/mol. The average molecular weight is 281 g/mol. The van der Waals surface area contributed by atoms with Crippen LogP contribution in [-0.2, 0) is 0 Å². The lowest BCUT2D eigenvalue weighted by molar-refractivity contribution is 0.225. The van der Waals surface area contributed by atoms with Gasteiger partial charge in [0.15, 0.2) is 0 Å². The smallest absolute Gasteiger partial charge is 0.0158 e. The summed E-state index contributed by atoms with van der Waals surface area (Å²) in [6.45, 7) is 2.39. The van der Waals surface area contributed by atoms with Crippen LogP contribution in [0.5, 0.6) is 0 Å². The van der Waals surface area contributed by atoms with Crippen LogP contribution in [0.1, 0.15) is 29.4 Å². The second-order valence-electron chi connectivity index (χ2n) is 5.94. The lowest BCUT2D eigenvalue weighted by Crippen LogP contribution is -2.35. The first kappa shape index (κ1) is 12.5. The molecule has 2 heteroatoms. The number of hydrogen-bond acceptors (Lipinski definition) is 2. The molecule has 0 unspecified atom stereocenters. The van der Waals surface area contributed by atoms with Gasteiger partial charge in [0, 0.05) is 22.3 Å². The Morgan fingerprint density at radius 1 is 0.900 bits per heavy atom. The van der Waals surface area contributed by atoms with E-state index in [1.807, 2.05) is 11.8 Å². The summed E-state index contributed by atoms with van der Waals surface area (Å²) in [5.74, 6) is 1.32. The minimum Gasteiger partial charge on any atom is -0.306 e. The molecule has 0 aliphatic carbocycles. The van der Waals surface area contributed by atoms with Crippen molar-refractivity contribution in [3.8, 4) is 0 Å². The molecule has 0 radical (unpaired) electrons. The highest BCUT2D eigenvalue weighted by Crippen LogP contribution is 2.50. The zero-order valence-electron chi connectivity index (χ0n) is 11.8. The Labute approximate surface area is 125 Å². The molecule has 2 atom stereocenters. The Balaban J connectivity index is 1.90. The highest BCUT2D eigenvalue weighted by Gasteiger charge is 2.34. The van der Waals surface area contributed by atoms with Crippen molar-refractivity contribution in [3.63, 3.8) is 0 Å². The van der Waals surface area contributed by atoms with E-state index in [0.29, 0.717) is 11.8 Å². The molecule has 2 aromatic carbocycles. The van der Waals surface area contributed by atoms with E-state index in [1.165, 1.54) is 29.3 Å². The molecule has 4 rings (SSSR count). The summed E-state index contributed by atoms with van der Waals surface area (Å²) in [4.78, 5) is 5.39. The number of piperidine rings is 1. The summed E-state index contributed by atoms with van der Waals surface area (Å²) in [5, 5.41) is 0. The third-order valence-corrected chi connectivity index (χ3v) is 5.86. The van der Waals surface area contributed by atoms with Crippen molar-refractivity contribution >= 4 is 11.8 Å². The maximum atomic E-state index is 2.48. The standard InChI is InChI=1S/C18H19NS/c1-19-11-10-13-14-6-2-4-8-17(14)20-18-9-5-3-7-15(18)16(13)12-19/h2-9,13,16H,10-12H2,1H3/t13-,16+/m1/s1. The molecule has 0 amide bonds. The van der Waals surface area contributed by atoms with Gasteiger partial charge in [-0.15, -0.1) is 0 Å². The van der Waals surface area contributed by atoms with Gasteiger partial charge in [0.2, 0.25) is 0 Å². The number of likely N-dealkylation sites (N-methyl/N-ethyl adjacent to an activating group) is 1. The average Bonchev–Trinajstić information content (AvgIpc) is 2.61. The first-order valence-corrected chi connectivity index (χ1v) is 8.19. The molecule has 102 valence electrons. The maximum absolute atomic E-state index is 2.48. The number of hydrogen-bond donors (Lipinski definition) is 0. The summed E-state index contributed by atoms with van der Waals surface area (Å²) in [5.41, 5.74) is 3.11. The fourth-order valence-electron chi connectivity index (χ4n) is 3.68. The van der Waals surface area contributed by atoms with Crippen molar-refractivity contribution in [2.24, 2.45) is 0 Å². The highest BCUT2D eigenvalue weighted by molar-refractivity contribution is 7.99. The van der Waals surface area contributed by atoms with E-state index >= 15 is 0 Å². The third kappa shape index (κ3) is 1.99. The van der Waals surface area contributed by atoms with Gasteiger partial charge in [-0.05, 0) is 49.2 Å². The molecule has 1 saturated heterocycles. The summed E-state index contributed by atoms with van der Waals surface area (Å²) >= 11 is 1.95. The number of benzene rings is 2. The molecule has 1 nitrogen and oxygen atoms in total. The van der Waals surface area contributed by atoms with Gasteiger partial charge in [-0.3, -0.25) is 0 Å². The molecular weight excluding hydrogens is 262 g/mol. The summed E-state index contributed by atoms with van der Waals surface area (Å²) in [6, 6.07) is 18.0. The van der Waals surface area contributed by atoms with Crippen molar-refractivity contribution in [2.45, 2.75) is 28.0 Å². The predicted octanol–water partition coefficient (Wildman–Crippen LogP) is 4.35. The van der Waals surface area contributed by atoms with Crippen LogP contribution in [0.25, 0.3) is 0 Å². The van der Waals surface area contributed by atoms with Crippen molar-refractivity contribution in [2.75, 3.05) is 20.1 Å². The van der Waals surface area contributed by atoms with Crippen LogP contribution in [0.2, 0.25) is 0 Å². The van der Waals surface area contributed by atoms with Gasteiger partial charge in [-0.1, -0.05) is 48.2 Å². The van der Waals surface area contributed by atoms with Crippen LogP contribution >= 0.6 is 11.8 Å². The molecule has 2 heterocycles. The predicted molar refractivity (Wildman–Crippen MR) is 84.6 cm³/mol. The molecule has 20 heavy (non-hydrogen) atoms. The van der Waals surface area contributed by atoms with E-state index in [4.69, 9.17) is 0 Å². The van der Waals surface area contributed by atoms with Crippen molar-refractivity contribution in [3.05, 3.63) is 59.7 Å². The van der Waals surface area contributed by atoms with E-state index in [-0.39, 0.29) is 0 Å². The van der Waals surface area contributed by atoms with Gasteiger partial charge in [0.05, 0.1) is 0 Å². The van der Waals surface area contributed by atoms with E-state index in [2.05, 4.69) is 60.5 Å². The van der Waals surface area contributed by atoms with Gasteiger partial charge in [0.1, 0.15) is 0 Å². The number of fused-ring (bicyclic) bond motifs is 5. The topological polar surface area (TPSA) is 3.24 Å². The molecule has 2 aliphatic rings. The van der Waals surface area contributed by atoms with E-state index in [0.717, 1.165) is 0 Å². The van der Waals surface area contributed by atoms with Gasteiger partial charge >= 0.3 is 0 Å². The lowest BCUT2D eigenvalue weighted by Gasteiger charge is -2.37. The first-order chi connectivity index (χ1) is 9.83. The first-order valence-electron chi connectivity index (χ1n) is 7.37. The Bertz CT molecular complexity index is 637. The Morgan fingerprint density at radius 2 is 1.50 bits per heavy atom. The van der Waals surface area contributed by atoms with Gasteiger partial charge < -0.3 is 4.90 Å². The summed E-state index contributed by atoms with van der Waals surface area (Å²) in [7, 11) is 2.25. The van der Waals surface area contributed by atoms with Gasteiger partial charge in [-0.2, -0.15) is 0 Å². The maximum Gasteiger partial charge on any atom is 0.0158 e. The summed E-state index contributed by atoms with van der Waals surface area (Å²) < 4.78 is 0.